The lowest BCUT2D eigenvalue weighted by atomic mass is 10.1. The number of alkyl carbamates (subject to hydrolysis) is 1. The molecule has 1 aromatic rings. The molecule has 0 heterocycles. The lowest BCUT2D eigenvalue weighted by molar-refractivity contribution is -0.142. The minimum atomic E-state index is -1.46. The summed E-state index contributed by atoms with van der Waals surface area (Å²) in [5, 5.41) is 21.3. The van der Waals surface area contributed by atoms with Gasteiger partial charge in [-0.05, 0) is 32.8 Å². The third-order valence-electron chi connectivity index (χ3n) is 2.99. The average molecular weight is 339 g/mol. The zero-order valence-electron chi connectivity index (χ0n) is 14.2. The number of carbonyl (C=O) groups excluding carboxylic acids is 1. The van der Waals surface area contributed by atoms with E-state index in [-0.39, 0.29) is 13.0 Å². The first-order valence-corrected chi connectivity index (χ1v) is 7.71. The Balaban J connectivity index is 2.41. The highest BCUT2D eigenvalue weighted by Crippen LogP contribution is 2.09. The van der Waals surface area contributed by atoms with E-state index in [4.69, 9.17) is 14.6 Å². The third-order valence-corrected chi connectivity index (χ3v) is 2.99. The quantitative estimate of drug-likeness (QED) is 0.625. The molecule has 0 fully saturated rings. The molecule has 0 spiro atoms. The fourth-order valence-electron chi connectivity index (χ4n) is 1.89. The van der Waals surface area contributed by atoms with Gasteiger partial charge in [-0.25, -0.2) is 9.59 Å². The van der Waals surface area contributed by atoms with Gasteiger partial charge in [0.15, 0.2) is 6.04 Å². The fourth-order valence-corrected chi connectivity index (χ4v) is 1.89. The van der Waals surface area contributed by atoms with Crippen LogP contribution in [0.15, 0.2) is 30.3 Å². The second-order valence-electron chi connectivity index (χ2n) is 6.36. The number of hydrogen-bond acceptors (Lipinski definition) is 5. The number of hydrogen-bond donors (Lipinski definition) is 3. The number of benzene rings is 1. The van der Waals surface area contributed by atoms with E-state index < -0.39 is 29.8 Å². The van der Waals surface area contributed by atoms with Crippen LogP contribution in [0.25, 0.3) is 0 Å². The molecule has 0 aliphatic heterocycles. The number of carboxylic acid groups (broad SMARTS) is 1. The summed E-state index contributed by atoms with van der Waals surface area (Å²) in [5.74, 6) is -1.34. The van der Waals surface area contributed by atoms with Gasteiger partial charge in [-0.15, -0.1) is 0 Å². The van der Waals surface area contributed by atoms with Crippen LogP contribution in [0.1, 0.15) is 32.8 Å². The van der Waals surface area contributed by atoms with Crippen LogP contribution >= 0.6 is 0 Å². The molecule has 0 bridgehead atoms. The molecular formula is C17H25NO6. The molecule has 0 aliphatic carbocycles. The number of rotatable bonds is 8. The van der Waals surface area contributed by atoms with E-state index in [2.05, 4.69) is 5.32 Å². The van der Waals surface area contributed by atoms with Crippen LogP contribution in [0.4, 0.5) is 4.79 Å². The van der Waals surface area contributed by atoms with E-state index in [1.165, 1.54) is 0 Å². The molecule has 0 aliphatic rings. The van der Waals surface area contributed by atoms with Crippen LogP contribution in [0.5, 0.6) is 0 Å². The number of carbonyl (C=O) groups is 2. The van der Waals surface area contributed by atoms with Crippen LogP contribution in [0.3, 0.4) is 0 Å². The van der Waals surface area contributed by atoms with E-state index in [0.717, 1.165) is 5.56 Å². The third kappa shape index (κ3) is 7.94. The molecule has 134 valence electrons. The number of amides is 1. The van der Waals surface area contributed by atoms with Gasteiger partial charge >= 0.3 is 12.1 Å². The fraction of sp³-hybridized carbons (Fsp3) is 0.529. The molecule has 7 nitrogen and oxygen atoms in total. The Morgan fingerprint density at radius 2 is 1.83 bits per heavy atom. The van der Waals surface area contributed by atoms with E-state index in [1.54, 1.807) is 20.8 Å². The van der Waals surface area contributed by atoms with Crippen molar-refractivity contribution in [1.82, 2.24) is 5.32 Å². The van der Waals surface area contributed by atoms with Crippen molar-refractivity contribution in [1.29, 1.82) is 0 Å². The standard InChI is InChI=1S/C17H25NO6/c1-17(2,3)24-16(22)18-14(15(20)21)13(19)9-10-23-11-12-7-5-4-6-8-12/h4-8,13-14,19H,9-11H2,1-3H3,(H,18,22)(H,20,21)/t13-,14-/m0/s1. The van der Waals surface area contributed by atoms with Gasteiger partial charge in [-0.3, -0.25) is 0 Å². The zero-order chi connectivity index (χ0) is 18.2. The number of carboxylic acids is 1. The Labute approximate surface area is 141 Å². The van der Waals surface area contributed by atoms with Crippen molar-refractivity contribution in [2.75, 3.05) is 6.61 Å². The SMILES string of the molecule is CC(C)(C)OC(=O)N[C@H](C(=O)O)[C@@H](O)CCOCc1ccccc1. The van der Waals surface area contributed by atoms with Crippen molar-refractivity contribution >= 4 is 12.1 Å². The largest absolute Gasteiger partial charge is 0.480 e. The average Bonchev–Trinajstić information content (AvgIpc) is 2.48. The molecule has 0 radical (unpaired) electrons. The van der Waals surface area contributed by atoms with Crippen molar-refractivity contribution in [3.05, 3.63) is 35.9 Å². The zero-order valence-corrected chi connectivity index (χ0v) is 14.2. The lowest BCUT2D eigenvalue weighted by Crippen LogP contribution is -2.50. The van der Waals surface area contributed by atoms with Crippen LogP contribution in [-0.2, 0) is 20.9 Å². The molecule has 0 aromatic heterocycles. The molecule has 24 heavy (non-hydrogen) atoms. The Morgan fingerprint density at radius 3 is 2.38 bits per heavy atom. The first-order chi connectivity index (χ1) is 11.2. The molecule has 0 saturated heterocycles. The number of aliphatic hydroxyl groups is 1. The summed E-state index contributed by atoms with van der Waals surface area (Å²) in [6, 6.07) is 8.02. The molecule has 3 N–H and O–H groups in total. The number of ether oxygens (including phenoxy) is 2. The van der Waals surface area contributed by atoms with Crippen LogP contribution in [-0.4, -0.2) is 46.6 Å². The normalized spacial score (nSPS) is 13.8. The predicted molar refractivity (Wildman–Crippen MR) is 87.5 cm³/mol. The summed E-state index contributed by atoms with van der Waals surface area (Å²) in [5.41, 5.74) is 0.227. The van der Waals surface area contributed by atoms with Crippen LogP contribution in [0.2, 0.25) is 0 Å². The molecule has 1 aromatic carbocycles. The molecule has 0 saturated carbocycles. The van der Waals surface area contributed by atoms with Gasteiger partial charge in [0, 0.05) is 6.61 Å². The maximum absolute atomic E-state index is 11.7. The maximum Gasteiger partial charge on any atom is 0.408 e. The van der Waals surface area contributed by atoms with Gasteiger partial charge < -0.3 is 25.0 Å². The highest BCUT2D eigenvalue weighted by molar-refractivity contribution is 5.80. The van der Waals surface area contributed by atoms with Crippen molar-refractivity contribution in [2.45, 2.75) is 51.5 Å². The van der Waals surface area contributed by atoms with Gasteiger partial charge in [-0.1, -0.05) is 30.3 Å². The minimum Gasteiger partial charge on any atom is -0.480 e. The number of aliphatic hydroxyl groups excluding tert-OH is 1. The topological polar surface area (TPSA) is 105 Å². The summed E-state index contributed by atoms with van der Waals surface area (Å²) in [7, 11) is 0. The molecule has 0 unspecified atom stereocenters. The van der Waals surface area contributed by atoms with Crippen molar-refractivity contribution in [3.8, 4) is 0 Å². The number of aliphatic carboxylic acids is 1. The lowest BCUT2D eigenvalue weighted by Gasteiger charge is -2.24. The number of nitrogens with one attached hydrogen (secondary N) is 1. The second-order valence-corrected chi connectivity index (χ2v) is 6.36. The van der Waals surface area contributed by atoms with Gasteiger partial charge in [0.25, 0.3) is 0 Å². The minimum absolute atomic E-state index is 0.0690. The molecular weight excluding hydrogens is 314 g/mol. The van der Waals surface area contributed by atoms with Gasteiger partial charge in [0.2, 0.25) is 0 Å². The monoisotopic (exact) mass is 339 g/mol. The van der Waals surface area contributed by atoms with Crippen molar-refractivity contribution in [2.24, 2.45) is 0 Å². The highest BCUT2D eigenvalue weighted by Gasteiger charge is 2.30. The summed E-state index contributed by atoms with van der Waals surface area (Å²) in [6.45, 7) is 5.52. The van der Waals surface area contributed by atoms with E-state index in [1.807, 2.05) is 30.3 Å². The van der Waals surface area contributed by atoms with E-state index in [0.29, 0.717) is 6.61 Å². The first kappa shape index (κ1) is 19.9. The summed E-state index contributed by atoms with van der Waals surface area (Å²) >= 11 is 0. The van der Waals surface area contributed by atoms with Crippen molar-refractivity contribution in [3.63, 3.8) is 0 Å². The Kier molecular flexibility index (Phi) is 7.67. The predicted octanol–water partition coefficient (Wildman–Crippen LogP) is 1.93. The molecule has 1 amide bonds. The van der Waals surface area contributed by atoms with Crippen LogP contribution < -0.4 is 5.32 Å². The smallest absolute Gasteiger partial charge is 0.408 e. The highest BCUT2D eigenvalue weighted by atomic mass is 16.6. The van der Waals surface area contributed by atoms with Crippen LogP contribution in [0, 0.1) is 0 Å². The van der Waals surface area contributed by atoms with Gasteiger partial charge in [-0.2, -0.15) is 0 Å². The van der Waals surface area contributed by atoms with E-state index >= 15 is 0 Å². The first-order valence-electron chi connectivity index (χ1n) is 7.71. The summed E-state index contributed by atoms with van der Waals surface area (Å²) in [4.78, 5) is 22.9. The van der Waals surface area contributed by atoms with Gasteiger partial charge in [0.1, 0.15) is 5.60 Å². The molecule has 7 heteroatoms. The second kappa shape index (κ2) is 9.24. The summed E-state index contributed by atoms with van der Waals surface area (Å²) in [6.07, 6.45) is -2.11. The Morgan fingerprint density at radius 1 is 1.21 bits per heavy atom. The summed E-state index contributed by atoms with van der Waals surface area (Å²) < 4.78 is 10.4. The van der Waals surface area contributed by atoms with Gasteiger partial charge in [0.05, 0.1) is 12.7 Å². The maximum atomic E-state index is 11.7. The Hall–Kier alpha value is -2.12. The van der Waals surface area contributed by atoms with Crippen molar-refractivity contribution < 1.29 is 29.3 Å². The molecule has 1 rings (SSSR count). The van der Waals surface area contributed by atoms with E-state index in [9.17, 15) is 14.7 Å². The molecule has 2 atom stereocenters. The Bertz CT molecular complexity index is 526.